The average molecular weight is 280 g/mol. The number of nitrogens with zero attached hydrogens (tertiary/aromatic N) is 2. The Kier molecular flexibility index (Phi) is 4.92. The highest BCUT2D eigenvalue weighted by Crippen LogP contribution is 2.29. The minimum absolute atomic E-state index is 0.0204. The fourth-order valence-electron chi connectivity index (χ4n) is 2.70. The van der Waals surface area contributed by atoms with Crippen LogP contribution in [-0.4, -0.2) is 36.8 Å². The Labute approximate surface area is 118 Å². The van der Waals surface area contributed by atoms with Gasteiger partial charge in [-0.2, -0.15) is 0 Å². The molecular formula is C14H20N2O4. The minimum Gasteiger partial charge on any atom is -0.392 e. The third-order valence-corrected chi connectivity index (χ3v) is 3.80. The van der Waals surface area contributed by atoms with Gasteiger partial charge in [-0.05, 0) is 24.8 Å². The van der Waals surface area contributed by atoms with Crippen LogP contribution in [0.1, 0.15) is 18.4 Å². The summed E-state index contributed by atoms with van der Waals surface area (Å²) in [5, 5.41) is 20.2. The smallest absolute Gasteiger partial charge is 0.269 e. The molecule has 6 nitrogen and oxygen atoms in total. The molecule has 1 aromatic carbocycles. The summed E-state index contributed by atoms with van der Waals surface area (Å²) in [6.45, 7) is 2.37. The number of non-ortho nitro benzene ring substituents is 1. The van der Waals surface area contributed by atoms with E-state index in [9.17, 15) is 15.2 Å². The van der Waals surface area contributed by atoms with Gasteiger partial charge in [-0.3, -0.25) is 10.1 Å². The van der Waals surface area contributed by atoms with Gasteiger partial charge in [-0.1, -0.05) is 0 Å². The summed E-state index contributed by atoms with van der Waals surface area (Å²) in [5.74, 6) is 0.576. The fourth-order valence-corrected chi connectivity index (χ4v) is 2.70. The van der Waals surface area contributed by atoms with Crippen LogP contribution in [0.15, 0.2) is 18.2 Å². The first kappa shape index (κ1) is 14.7. The molecule has 0 aliphatic carbocycles. The lowest BCUT2D eigenvalue weighted by Gasteiger charge is -2.34. The predicted molar refractivity (Wildman–Crippen MR) is 75.8 cm³/mol. The Hall–Kier alpha value is -1.66. The first-order valence-corrected chi connectivity index (χ1v) is 6.77. The molecule has 0 aromatic heterocycles. The number of ether oxygens (including phenoxy) is 1. The highest BCUT2D eigenvalue weighted by Gasteiger charge is 2.22. The topological polar surface area (TPSA) is 75.8 Å². The molecule has 1 N–H and O–H groups in total. The highest BCUT2D eigenvalue weighted by molar-refractivity contribution is 5.58. The number of aliphatic hydroxyl groups is 1. The van der Waals surface area contributed by atoms with E-state index in [-0.39, 0.29) is 12.3 Å². The van der Waals surface area contributed by atoms with E-state index in [2.05, 4.69) is 4.90 Å². The van der Waals surface area contributed by atoms with Crippen molar-refractivity contribution in [3.05, 3.63) is 33.9 Å². The maximum Gasteiger partial charge on any atom is 0.269 e. The molecule has 1 fully saturated rings. The Bertz CT molecular complexity index is 470. The number of benzene rings is 1. The standard InChI is InChI=1S/C14H20N2O4/c1-20-10-11-4-6-15(7-5-11)14-3-2-13(16(18)19)8-12(14)9-17/h2-3,8,11,17H,4-7,9-10H2,1H3. The molecule has 0 bridgehead atoms. The molecule has 1 aliphatic rings. The largest absolute Gasteiger partial charge is 0.392 e. The Morgan fingerprint density at radius 2 is 2.15 bits per heavy atom. The van der Waals surface area contributed by atoms with E-state index in [4.69, 9.17) is 4.74 Å². The van der Waals surface area contributed by atoms with E-state index in [1.54, 1.807) is 13.2 Å². The van der Waals surface area contributed by atoms with Gasteiger partial charge < -0.3 is 14.7 Å². The van der Waals surface area contributed by atoms with E-state index < -0.39 is 4.92 Å². The molecule has 0 radical (unpaired) electrons. The molecule has 0 atom stereocenters. The number of methoxy groups -OCH3 is 1. The second-order valence-electron chi connectivity index (χ2n) is 5.11. The van der Waals surface area contributed by atoms with Crippen molar-refractivity contribution in [2.24, 2.45) is 5.92 Å². The second kappa shape index (κ2) is 6.67. The highest BCUT2D eigenvalue weighted by atomic mass is 16.6. The van der Waals surface area contributed by atoms with Gasteiger partial charge in [-0.25, -0.2) is 0 Å². The second-order valence-corrected chi connectivity index (χ2v) is 5.11. The molecule has 20 heavy (non-hydrogen) atoms. The Morgan fingerprint density at radius 1 is 1.45 bits per heavy atom. The number of piperidine rings is 1. The molecule has 1 heterocycles. The maximum absolute atomic E-state index is 10.8. The number of hydrogen-bond donors (Lipinski definition) is 1. The summed E-state index contributed by atoms with van der Waals surface area (Å²) in [6, 6.07) is 4.69. The molecular weight excluding hydrogens is 260 g/mol. The molecule has 0 unspecified atom stereocenters. The van der Waals surface area contributed by atoms with E-state index in [1.807, 2.05) is 0 Å². The number of hydrogen-bond acceptors (Lipinski definition) is 5. The van der Waals surface area contributed by atoms with Gasteiger partial charge in [0.1, 0.15) is 0 Å². The zero-order valence-corrected chi connectivity index (χ0v) is 11.6. The van der Waals surface area contributed by atoms with Crippen molar-refractivity contribution in [1.82, 2.24) is 0 Å². The summed E-state index contributed by atoms with van der Waals surface area (Å²) in [4.78, 5) is 12.5. The zero-order valence-electron chi connectivity index (χ0n) is 11.6. The normalized spacial score (nSPS) is 16.4. The molecule has 0 saturated carbocycles. The number of nitro groups is 1. The van der Waals surface area contributed by atoms with Gasteiger partial charge in [0.15, 0.2) is 0 Å². The van der Waals surface area contributed by atoms with Gasteiger partial charge in [0.25, 0.3) is 5.69 Å². The van der Waals surface area contributed by atoms with Crippen molar-refractivity contribution >= 4 is 11.4 Å². The summed E-state index contributed by atoms with van der Waals surface area (Å²) in [7, 11) is 1.71. The van der Waals surface area contributed by atoms with Crippen LogP contribution >= 0.6 is 0 Å². The Balaban J connectivity index is 2.11. The number of rotatable bonds is 5. The predicted octanol–water partition coefficient (Wildman–Crippen LogP) is 1.95. The van der Waals surface area contributed by atoms with Gasteiger partial charge in [0, 0.05) is 50.2 Å². The third-order valence-electron chi connectivity index (χ3n) is 3.80. The van der Waals surface area contributed by atoms with Crippen molar-refractivity contribution in [3.63, 3.8) is 0 Å². The van der Waals surface area contributed by atoms with Crippen molar-refractivity contribution in [1.29, 1.82) is 0 Å². The van der Waals surface area contributed by atoms with E-state index >= 15 is 0 Å². The van der Waals surface area contributed by atoms with Gasteiger partial charge in [0.2, 0.25) is 0 Å². The van der Waals surface area contributed by atoms with Crippen LogP contribution < -0.4 is 4.90 Å². The molecule has 0 spiro atoms. The lowest BCUT2D eigenvalue weighted by Crippen LogP contribution is -2.35. The van der Waals surface area contributed by atoms with Crippen LogP contribution in [0.2, 0.25) is 0 Å². The molecule has 1 aliphatic heterocycles. The van der Waals surface area contributed by atoms with Crippen LogP contribution in [-0.2, 0) is 11.3 Å². The fraction of sp³-hybridized carbons (Fsp3) is 0.571. The Morgan fingerprint density at radius 3 is 2.70 bits per heavy atom. The number of anilines is 1. The van der Waals surface area contributed by atoms with E-state index in [0.29, 0.717) is 11.5 Å². The summed E-state index contributed by atoms with van der Waals surface area (Å²) >= 11 is 0. The van der Waals surface area contributed by atoms with Crippen molar-refractivity contribution in [2.75, 3.05) is 31.7 Å². The first-order valence-electron chi connectivity index (χ1n) is 6.77. The SMILES string of the molecule is COCC1CCN(c2ccc([N+](=O)[O-])cc2CO)CC1. The monoisotopic (exact) mass is 280 g/mol. The molecule has 6 heteroatoms. The van der Waals surface area contributed by atoms with Crippen LogP contribution in [0, 0.1) is 16.0 Å². The van der Waals surface area contributed by atoms with Crippen molar-refractivity contribution in [3.8, 4) is 0 Å². The molecule has 110 valence electrons. The lowest BCUT2D eigenvalue weighted by atomic mass is 9.96. The summed E-state index contributed by atoms with van der Waals surface area (Å²) in [5.41, 5.74) is 1.53. The summed E-state index contributed by atoms with van der Waals surface area (Å²) < 4.78 is 5.18. The molecule has 1 aromatic rings. The first-order chi connectivity index (χ1) is 9.65. The van der Waals surface area contributed by atoms with Crippen molar-refractivity contribution < 1.29 is 14.8 Å². The lowest BCUT2D eigenvalue weighted by molar-refractivity contribution is -0.384. The maximum atomic E-state index is 10.8. The van der Waals surface area contributed by atoms with Crippen LogP contribution in [0.3, 0.4) is 0 Å². The number of aliphatic hydroxyl groups excluding tert-OH is 1. The van der Waals surface area contributed by atoms with Gasteiger partial charge >= 0.3 is 0 Å². The number of nitro benzene ring substituents is 1. The zero-order chi connectivity index (χ0) is 14.5. The van der Waals surface area contributed by atoms with Crippen LogP contribution in [0.4, 0.5) is 11.4 Å². The van der Waals surface area contributed by atoms with E-state index in [0.717, 1.165) is 38.2 Å². The minimum atomic E-state index is -0.437. The third kappa shape index (κ3) is 3.26. The van der Waals surface area contributed by atoms with Crippen LogP contribution in [0.5, 0.6) is 0 Å². The quantitative estimate of drug-likeness (QED) is 0.659. The molecule has 1 saturated heterocycles. The molecule has 0 amide bonds. The summed E-state index contributed by atoms with van der Waals surface area (Å²) in [6.07, 6.45) is 2.07. The van der Waals surface area contributed by atoms with Crippen molar-refractivity contribution in [2.45, 2.75) is 19.4 Å². The van der Waals surface area contributed by atoms with E-state index in [1.165, 1.54) is 12.1 Å². The average Bonchev–Trinajstić information content (AvgIpc) is 2.47. The van der Waals surface area contributed by atoms with Gasteiger partial charge in [0.05, 0.1) is 11.5 Å². The van der Waals surface area contributed by atoms with Gasteiger partial charge in [-0.15, -0.1) is 0 Å². The van der Waals surface area contributed by atoms with Crippen LogP contribution in [0.25, 0.3) is 0 Å². The molecule has 2 rings (SSSR count).